The minimum atomic E-state index is -3.50. The molecular formula is C15H20N2O3S. The highest BCUT2D eigenvalue weighted by molar-refractivity contribution is 7.89. The summed E-state index contributed by atoms with van der Waals surface area (Å²) in [7, 11) is -3.50. The predicted octanol–water partition coefficient (Wildman–Crippen LogP) is 1.12. The fraction of sp³-hybridized carbons (Fsp3) is 0.533. The van der Waals surface area contributed by atoms with E-state index in [1.54, 1.807) is 22.5 Å². The summed E-state index contributed by atoms with van der Waals surface area (Å²) in [5.74, 6) is 0.885. The number of nitrogens with one attached hydrogen (secondary N) is 1. The first-order valence-electron chi connectivity index (χ1n) is 7.30. The van der Waals surface area contributed by atoms with Gasteiger partial charge in [-0.1, -0.05) is 12.1 Å². The molecule has 2 saturated heterocycles. The van der Waals surface area contributed by atoms with Gasteiger partial charge in [-0.25, -0.2) is 8.42 Å². The summed E-state index contributed by atoms with van der Waals surface area (Å²) in [5, 5.41) is 3.33. The molecule has 0 spiro atoms. The van der Waals surface area contributed by atoms with Gasteiger partial charge in [-0.05, 0) is 50.4 Å². The normalized spacial score (nSPS) is 26.5. The second kappa shape index (κ2) is 5.51. The first-order valence-corrected chi connectivity index (χ1v) is 8.74. The SMILES string of the molecule is CC(=O)c1cccc(S(=O)(=O)N2CCC3CNCC3C2)c1. The van der Waals surface area contributed by atoms with Crippen molar-refractivity contribution < 1.29 is 13.2 Å². The highest BCUT2D eigenvalue weighted by Crippen LogP contribution is 2.30. The van der Waals surface area contributed by atoms with Gasteiger partial charge in [0.25, 0.3) is 0 Å². The number of Topliss-reactive ketones (excluding diaryl/α,β-unsaturated/α-hetero) is 1. The van der Waals surface area contributed by atoms with Crippen LogP contribution < -0.4 is 5.32 Å². The molecule has 2 heterocycles. The summed E-state index contributed by atoms with van der Waals surface area (Å²) in [6, 6.07) is 6.33. The molecule has 2 fully saturated rings. The number of rotatable bonds is 3. The number of carbonyl (C=O) groups is 1. The van der Waals surface area contributed by atoms with Crippen LogP contribution in [0, 0.1) is 11.8 Å². The number of nitrogens with zero attached hydrogens (tertiary/aromatic N) is 1. The number of hydrogen-bond donors (Lipinski definition) is 1. The van der Waals surface area contributed by atoms with Crippen molar-refractivity contribution in [2.75, 3.05) is 26.2 Å². The molecule has 114 valence electrons. The first kappa shape index (κ1) is 14.7. The van der Waals surface area contributed by atoms with Gasteiger partial charge in [0.05, 0.1) is 4.90 Å². The second-order valence-corrected chi connectivity index (χ2v) is 7.85. The van der Waals surface area contributed by atoms with Crippen molar-refractivity contribution in [3.63, 3.8) is 0 Å². The van der Waals surface area contributed by atoms with Crippen molar-refractivity contribution in [1.29, 1.82) is 0 Å². The van der Waals surface area contributed by atoms with Crippen LogP contribution in [0.1, 0.15) is 23.7 Å². The Kier molecular flexibility index (Phi) is 3.86. The maximum atomic E-state index is 12.7. The molecule has 0 bridgehead atoms. The maximum Gasteiger partial charge on any atom is 0.243 e. The topological polar surface area (TPSA) is 66.5 Å². The van der Waals surface area contributed by atoms with Crippen molar-refractivity contribution in [3.05, 3.63) is 29.8 Å². The van der Waals surface area contributed by atoms with E-state index in [0.717, 1.165) is 19.5 Å². The fourth-order valence-electron chi connectivity index (χ4n) is 3.24. The summed E-state index contributed by atoms with van der Waals surface area (Å²) < 4.78 is 27.1. The molecule has 1 aromatic carbocycles. The molecule has 1 N–H and O–H groups in total. The molecule has 5 nitrogen and oxygen atoms in total. The third kappa shape index (κ3) is 2.75. The van der Waals surface area contributed by atoms with E-state index in [0.29, 0.717) is 30.5 Å². The monoisotopic (exact) mass is 308 g/mol. The summed E-state index contributed by atoms with van der Waals surface area (Å²) >= 11 is 0. The van der Waals surface area contributed by atoms with Gasteiger partial charge in [-0.3, -0.25) is 4.79 Å². The van der Waals surface area contributed by atoms with Gasteiger partial charge in [-0.2, -0.15) is 4.31 Å². The standard InChI is InChI=1S/C15H20N2O3S/c1-11(18)12-3-2-4-15(7-12)21(19,20)17-6-5-13-8-16-9-14(13)10-17/h2-4,7,13-14,16H,5-6,8-10H2,1H3. The maximum absolute atomic E-state index is 12.7. The van der Waals surface area contributed by atoms with Crippen LogP contribution in [0.2, 0.25) is 0 Å². The van der Waals surface area contributed by atoms with Crippen molar-refractivity contribution in [2.45, 2.75) is 18.2 Å². The highest BCUT2D eigenvalue weighted by Gasteiger charge is 2.37. The number of benzene rings is 1. The molecule has 6 heteroatoms. The minimum Gasteiger partial charge on any atom is -0.316 e. The van der Waals surface area contributed by atoms with Crippen LogP contribution in [0.5, 0.6) is 0 Å². The molecule has 3 rings (SSSR count). The van der Waals surface area contributed by atoms with Crippen LogP contribution in [0.4, 0.5) is 0 Å². The van der Waals surface area contributed by atoms with E-state index in [9.17, 15) is 13.2 Å². The predicted molar refractivity (Wildman–Crippen MR) is 79.7 cm³/mol. The average Bonchev–Trinajstić information content (AvgIpc) is 2.94. The lowest BCUT2D eigenvalue weighted by molar-refractivity contribution is 0.101. The van der Waals surface area contributed by atoms with E-state index >= 15 is 0 Å². The molecule has 1 aromatic rings. The molecule has 0 radical (unpaired) electrons. The number of carbonyl (C=O) groups excluding carboxylic acids is 1. The van der Waals surface area contributed by atoms with E-state index in [2.05, 4.69) is 5.32 Å². The number of fused-ring (bicyclic) bond motifs is 1. The van der Waals surface area contributed by atoms with Gasteiger partial charge >= 0.3 is 0 Å². The Balaban J connectivity index is 1.86. The third-order valence-corrected chi connectivity index (χ3v) is 6.41. The van der Waals surface area contributed by atoms with E-state index in [1.807, 2.05) is 0 Å². The summed E-state index contributed by atoms with van der Waals surface area (Å²) in [4.78, 5) is 11.7. The van der Waals surface area contributed by atoms with Gasteiger partial charge in [0.15, 0.2) is 5.78 Å². The van der Waals surface area contributed by atoms with Crippen molar-refractivity contribution >= 4 is 15.8 Å². The first-order chi connectivity index (χ1) is 9.98. The van der Waals surface area contributed by atoms with Gasteiger partial charge in [-0.15, -0.1) is 0 Å². The second-order valence-electron chi connectivity index (χ2n) is 5.91. The molecule has 2 aliphatic rings. The van der Waals surface area contributed by atoms with Crippen molar-refractivity contribution in [2.24, 2.45) is 11.8 Å². The Bertz CT molecular complexity index is 657. The smallest absolute Gasteiger partial charge is 0.243 e. The Labute approximate surface area is 125 Å². The van der Waals surface area contributed by atoms with E-state index in [4.69, 9.17) is 0 Å². The molecule has 2 unspecified atom stereocenters. The van der Waals surface area contributed by atoms with E-state index < -0.39 is 10.0 Å². The third-order valence-electron chi connectivity index (χ3n) is 4.55. The Morgan fingerprint density at radius 2 is 2.05 bits per heavy atom. The summed E-state index contributed by atoms with van der Waals surface area (Å²) in [6.07, 6.45) is 0.906. The number of hydrogen-bond acceptors (Lipinski definition) is 4. The van der Waals surface area contributed by atoms with Crippen LogP contribution in [-0.2, 0) is 10.0 Å². The zero-order valence-corrected chi connectivity index (χ0v) is 12.9. The highest BCUT2D eigenvalue weighted by atomic mass is 32.2. The molecule has 2 atom stereocenters. The Morgan fingerprint density at radius 1 is 1.29 bits per heavy atom. The Morgan fingerprint density at radius 3 is 2.81 bits per heavy atom. The zero-order chi connectivity index (χ0) is 15.0. The summed E-state index contributed by atoms with van der Waals surface area (Å²) in [5.41, 5.74) is 0.438. The van der Waals surface area contributed by atoms with Gasteiger partial charge < -0.3 is 5.32 Å². The fourth-order valence-corrected chi connectivity index (χ4v) is 4.80. The molecule has 0 saturated carbocycles. The molecule has 2 aliphatic heterocycles. The number of piperidine rings is 1. The van der Waals surface area contributed by atoms with Crippen LogP contribution in [-0.4, -0.2) is 44.7 Å². The molecule has 0 aromatic heterocycles. The molecular weight excluding hydrogens is 288 g/mol. The van der Waals surface area contributed by atoms with Crippen molar-refractivity contribution in [1.82, 2.24) is 9.62 Å². The van der Waals surface area contributed by atoms with E-state index in [-0.39, 0.29) is 10.7 Å². The van der Waals surface area contributed by atoms with Gasteiger partial charge in [0.1, 0.15) is 0 Å². The zero-order valence-electron chi connectivity index (χ0n) is 12.1. The van der Waals surface area contributed by atoms with Crippen LogP contribution in [0.15, 0.2) is 29.2 Å². The lowest BCUT2D eigenvalue weighted by Crippen LogP contribution is -2.43. The quantitative estimate of drug-likeness (QED) is 0.850. The molecule has 0 amide bonds. The summed E-state index contributed by atoms with van der Waals surface area (Å²) in [6.45, 7) is 4.48. The lowest BCUT2D eigenvalue weighted by atomic mass is 9.90. The number of ketones is 1. The van der Waals surface area contributed by atoms with Gasteiger partial charge in [0, 0.05) is 18.7 Å². The minimum absolute atomic E-state index is 0.120. The lowest BCUT2D eigenvalue weighted by Gasteiger charge is -2.33. The molecule has 21 heavy (non-hydrogen) atoms. The van der Waals surface area contributed by atoms with Crippen LogP contribution in [0.3, 0.4) is 0 Å². The van der Waals surface area contributed by atoms with Crippen molar-refractivity contribution in [3.8, 4) is 0 Å². The number of sulfonamides is 1. The van der Waals surface area contributed by atoms with E-state index in [1.165, 1.54) is 13.0 Å². The van der Waals surface area contributed by atoms with Crippen LogP contribution in [0.25, 0.3) is 0 Å². The van der Waals surface area contributed by atoms with Crippen LogP contribution >= 0.6 is 0 Å². The van der Waals surface area contributed by atoms with Gasteiger partial charge in [0.2, 0.25) is 10.0 Å². The molecule has 0 aliphatic carbocycles. The average molecular weight is 308 g/mol. The Hall–Kier alpha value is -1.24. The largest absolute Gasteiger partial charge is 0.316 e.